The van der Waals surface area contributed by atoms with Crippen LogP contribution in [0, 0.1) is 6.92 Å². The van der Waals surface area contributed by atoms with Gasteiger partial charge in [0.15, 0.2) is 0 Å². The van der Waals surface area contributed by atoms with Crippen molar-refractivity contribution in [2.24, 2.45) is 0 Å². The molecule has 0 spiro atoms. The van der Waals surface area contributed by atoms with E-state index in [-0.39, 0.29) is 5.97 Å². The molecule has 0 aliphatic heterocycles. The van der Waals surface area contributed by atoms with Crippen molar-refractivity contribution < 1.29 is 9.53 Å². The first-order chi connectivity index (χ1) is 8.22. The van der Waals surface area contributed by atoms with Crippen molar-refractivity contribution in [1.82, 2.24) is 9.55 Å². The number of ether oxygens (including phenoxy) is 1. The molecule has 1 aromatic heterocycles. The summed E-state index contributed by atoms with van der Waals surface area (Å²) in [6.45, 7) is 4.89. The van der Waals surface area contributed by atoms with Crippen molar-refractivity contribution in [3.63, 3.8) is 0 Å². The summed E-state index contributed by atoms with van der Waals surface area (Å²) in [6, 6.07) is 6.05. The quantitative estimate of drug-likeness (QED) is 0.760. The second kappa shape index (κ2) is 4.99. The third-order valence-electron chi connectivity index (χ3n) is 2.71. The lowest BCUT2D eigenvalue weighted by molar-refractivity contribution is -0.143. The van der Waals surface area contributed by atoms with Crippen LogP contribution in [0.3, 0.4) is 0 Å². The Morgan fingerprint density at radius 3 is 3.06 bits per heavy atom. The van der Waals surface area contributed by atoms with Crippen LogP contribution in [0.5, 0.6) is 0 Å². The molecule has 0 amide bonds. The van der Waals surface area contributed by atoms with Crippen LogP contribution in [0.15, 0.2) is 24.5 Å². The second-order valence-corrected chi connectivity index (χ2v) is 3.94. The van der Waals surface area contributed by atoms with E-state index in [0.29, 0.717) is 19.6 Å². The summed E-state index contributed by atoms with van der Waals surface area (Å²) >= 11 is 0. The fourth-order valence-corrected chi connectivity index (χ4v) is 1.86. The van der Waals surface area contributed by atoms with Crippen molar-refractivity contribution in [3.8, 4) is 0 Å². The van der Waals surface area contributed by atoms with Gasteiger partial charge in [0.05, 0.1) is 30.4 Å². The van der Waals surface area contributed by atoms with Crippen molar-refractivity contribution in [2.75, 3.05) is 6.61 Å². The van der Waals surface area contributed by atoms with Gasteiger partial charge in [-0.25, -0.2) is 4.98 Å². The molecule has 0 aliphatic carbocycles. The molecular weight excluding hydrogens is 216 g/mol. The van der Waals surface area contributed by atoms with Gasteiger partial charge >= 0.3 is 5.97 Å². The maximum absolute atomic E-state index is 11.3. The van der Waals surface area contributed by atoms with Crippen molar-refractivity contribution in [3.05, 3.63) is 30.1 Å². The number of esters is 1. The molecule has 4 heteroatoms. The van der Waals surface area contributed by atoms with Gasteiger partial charge in [-0.05, 0) is 25.5 Å². The molecule has 0 N–H and O–H groups in total. The number of fused-ring (bicyclic) bond motifs is 1. The molecule has 0 fully saturated rings. The molecule has 0 aliphatic rings. The number of rotatable bonds is 4. The molecule has 2 aromatic rings. The first-order valence-corrected chi connectivity index (χ1v) is 5.78. The Labute approximate surface area is 100 Å². The minimum Gasteiger partial charge on any atom is -0.466 e. The number of aromatic nitrogens is 2. The molecule has 0 radical (unpaired) electrons. The number of hydrogen-bond acceptors (Lipinski definition) is 3. The topological polar surface area (TPSA) is 44.1 Å². The lowest BCUT2D eigenvalue weighted by Gasteiger charge is -2.04. The molecule has 0 unspecified atom stereocenters. The van der Waals surface area contributed by atoms with Crippen molar-refractivity contribution >= 4 is 17.0 Å². The Hall–Kier alpha value is -1.84. The number of para-hydroxylation sites is 1. The van der Waals surface area contributed by atoms with Crippen LogP contribution >= 0.6 is 0 Å². The smallest absolute Gasteiger partial charge is 0.307 e. The predicted molar refractivity (Wildman–Crippen MR) is 65.7 cm³/mol. The largest absolute Gasteiger partial charge is 0.466 e. The van der Waals surface area contributed by atoms with E-state index < -0.39 is 0 Å². The van der Waals surface area contributed by atoms with Gasteiger partial charge < -0.3 is 9.30 Å². The average molecular weight is 232 g/mol. The van der Waals surface area contributed by atoms with Gasteiger partial charge in [-0.15, -0.1) is 0 Å². The van der Waals surface area contributed by atoms with Crippen LogP contribution < -0.4 is 0 Å². The van der Waals surface area contributed by atoms with Gasteiger partial charge in [0, 0.05) is 6.54 Å². The number of imidazole rings is 1. The summed E-state index contributed by atoms with van der Waals surface area (Å²) in [5, 5.41) is 0. The monoisotopic (exact) mass is 232 g/mol. The highest BCUT2D eigenvalue weighted by Gasteiger charge is 2.06. The van der Waals surface area contributed by atoms with Gasteiger partial charge in [-0.1, -0.05) is 12.1 Å². The molecular formula is C13H16N2O2. The van der Waals surface area contributed by atoms with E-state index in [1.807, 2.05) is 36.6 Å². The zero-order valence-corrected chi connectivity index (χ0v) is 10.1. The fourth-order valence-electron chi connectivity index (χ4n) is 1.86. The Kier molecular flexibility index (Phi) is 3.42. The lowest BCUT2D eigenvalue weighted by Crippen LogP contribution is -2.08. The molecule has 0 bridgehead atoms. The van der Waals surface area contributed by atoms with Gasteiger partial charge in [-0.2, -0.15) is 0 Å². The Bertz CT molecular complexity index is 531. The number of carbonyl (C=O) groups is 1. The first-order valence-electron chi connectivity index (χ1n) is 5.78. The second-order valence-electron chi connectivity index (χ2n) is 3.94. The molecule has 0 atom stereocenters. The molecule has 90 valence electrons. The summed E-state index contributed by atoms with van der Waals surface area (Å²) in [7, 11) is 0. The summed E-state index contributed by atoms with van der Waals surface area (Å²) in [6.07, 6.45) is 2.16. The minimum atomic E-state index is -0.165. The maximum Gasteiger partial charge on any atom is 0.307 e. The SMILES string of the molecule is CCOC(=O)CCn1cnc2c(C)cccc21. The average Bonchev–Trinajstić information content (AvgIpc) is 2.72. The van der Waals surface area contributed by atoms with Crippen molar-refractivity contribution in [1.29, 1.82) is 0 Å². The number of nitrogens with zero attached hydrogens (tertiary/aromatic N) is 2. The van der Waals surface area contributed by atoms with Gasteiger partial charge in [-0.3, -0.25) is 4.79 Å². The van der Waals surface area contributed by atoms with Crippen LogP contribution in [0.4, 0.5) is 0 Å². The molecule has 17 heavy (non-hydrogen) atoms. The van der Waals surface area contributed by atoms with E-state index in [4.69, 9.17) is 4.74 Å². The third kappa shape index (κ3) is 2.46. The Morgan fingerprint density at radius 2 is 2.29 bits per heavy atom. The van der Waals surface area contributed by atoms with Crippen LogP contribution in [0.2, 0.25) is 0 Å². The first kappa shape index (κ1) is 11.6. The Morgan fingerprint density at radius 1 is 1.47 bits per heavy atom. The summed E-state index contributed by atoms with van der Waals surface area (Å²) in [4.78, 5) is 15.6. The number of benzene rings is 1. The highest BCUT2D eigenvalue weighted by molar-refractivity contribution is 5.79. The number of carbonyl (C=O) groups excluding carboxylic acids is 1. The molecule has 2 rings (SSSR count). The van der Waals surface area contributed by atoms with E-state index in [2.05, 4.69) is 4.98 Å². The summed E-state index contributed by atoms with van der Waals surface area (Å²) in [5.41, 5.74) is 3.21. The van der Waals surface area contributed by atoms with E-state index in [0.717, 1.165) is 16.6 Å². The number of hydrogen-bond donors (Lipinski definition) is 0. The highest BCUT2D eigenvalue weighted by atomic mass is 16.5. The zero-order valence-electron chi connectivity index (χ0n) is 10.1. The van der Waals surface area contributed by atoms with Crippen LogP contribution in [0.1, 0.15) is 18.9 Å². The van der Waals surface area contributed by atoms with Crippen LogP contribution in [-0.2, 0) is 16.1 Å². The molecule has 1 aromatic carbocycles. The van der Waals surface area contributed by atoms with E-state index in [1.165, 1.54) is 0 Å². The van der Waals surface area contributed by atoms with E-state index >= 15 is 0 Å². The van der Waals surface area contributed by atoms with Crippen LogP contribution in [0.25, 0.3) is 11.0 Å². The Balaban J connectivity index is 2.14. The molecule has 4 nitrogen and oxygen atoms in total. The van der Waals surface area contributed by atoms with Gasteiger partial charge in [0.1, 0.15) is 0 Å². The molecule has 1 heterocycles. The van der Waals surface area contributed by atoms with Crippen molar-refractivity contribution in [2.45, 2.75) is 26.8 Å². The number of aryl methyl sites for hydroxylation is 2. The standard InChI is InChI=1S/C13H16N2O2/c1-3-17-12(16)7-8-15-9-14-13-10(2)5-4-6-11(13)15/h4-6,9H,3,7-8H2,1-2H3. The summed E-state index contributed by atoms with van der Waals surface area (Å²) < 4.78 is 6.89. The maximum atomic E-state index is 11.3. The predicted octanol–water partition coefficient (Wildman–Crippen LogP) is 2.30. The lowest BCUT2D eigenvalue weighted by atomic mass is 10.2. The van der Waals surface area contributed by atoms with Gasteiger partial charge in [0.2, 0.25) is 0 Å². The normalized spacial score (nSPS) is 10.7. The highest BCUT2D eigenvalue weighted by Crippen LogP contribution is 2.16. The fraction of sp³-hybridized carbons (Fsp3) is 0.385. The summed E-state index contributed by atoms with van der Waals surface area (Å²) in [5.74, 6) is -0.165. The van der Waals surface area contributed by atoms with E-state index in [9.17, 15) is 4.79 Å². The zero-order chi connectivity index (χ0) is 12.3. The molecule has 0 saturated heterocycles. The molecule has 0 saturated carbocycles. The van der Waals surface area contributed by atoms with E-state index in [1.54, 1.807) is 6.33 Å². The minimum absolute atomic E-state index is 0.165. The van der Waals surface area contributed by atoms with Crippen LogP contribution in [-0.4, -0.2) is 22.1 Å². The van der Waals surface area contributed by atoms with Gasteiger partial charge in [0.25, 0.3) is 0 Å². The third-order valence-corrected chi connectivity index (χ3v) is 2.71.